The Morgan fingerprint density at radius 3 is 2.74 bits per heavy atom. The normalized spacial score (nSPS) is 11.7. The predicted molar refractivity (Wildman–Crippen MR) is 81.1 cm³/mol. The van der Waals surface area contributed by atoms with Gasteiger partial charge in [0.25, 0.3) is 0 Å². The molecule has 0 aliphatic heterocycles. The van der Waals surface area contributed by atoms with Crippen molar-refractivity contribution in [3.05, 3.63) is 29.8 Å². The fourth-order valence-corrected chi connectivity index (χ4v) is 1.85. The van der Waals surface area contributed by atoms with Gasteiger partial charge in [-0.25, -0.2) is 4.79 Å². The Morgan fingerprint density at radius 2 is 2.11 bits per heavy atom. The molecule has 1 aromatic rings. The van der Waals surface area contributed by atoms with E-state index in [0.29, 0.717) is 23.0 Å². The molecule has 0 heterocycles. The number of carbonyl (C=O) groups is 2. The van der Waals surface area contributed by atoms with Crippen molar-refractivity contribution in [2.75, 3.05) is 18.1 Å². The first-order valence-electron chi connectivity index (χ1n) is 6.21. The molecule has 5 heteroatoms. The van der Waals surface area contributed by atoms with Crippen molar-refractivity contribution < 1.29 is 9.59 Å². The number of benzene rings is 1. The van der Waals surface area contributed by atoms with E-state index in [1.165, 1.54) is 6.92 Å². The molecule has 0 aromatic heterocycles. The summed E-state index contributed by atoms with van der Waals surface area (Å²) >= 11 is 1.78. The SMILES string of the molecule is CSC(C)CCNC(=O)Nc1cccc(C(C)=O)c1. The Morgan fingerprint density at radius 1 is 1.37 bits per heavy atom. The molecular formula is C14H20N2O2S. The summed E-state index contributed by atoms with van der Waals surface area (Å²) in [6.07, 6.45) is 2.99. The van der Waals surface area contributed by atoms with Crippen LogP contribution in [0.1, 0.15) is 30.6 Å². The molecule has 1 atom stereocenters. The van der Waals surface area contributed by atoms with E-state index in [2.05, 4.69) is 23.8 Å². The van der Waals surface area contributed by atoms with Crippen LogP contribution in [0, 0.1) is 0 Å². The first-order chi connectivity index (χ1) is 9.02. The summed E-state index contributed by atoms with van der Waals surface area (Å²) in [5, 5.41) is 6.05. The van der Waals surface area contributed by atoms with Crippen molar-refractivity contribution in [1.82, 2.24) is 5.32 Å². The third-order valence-corrected chi connectivity index (χ3v) is 3.81. The third-order valence-electron chi connectivity index (χ3n) is 2.77. The zero-order chi connectivity index (χ0) is 14.3. The van der Waals surface area contributed by atoms with Crippen LogP contribution in [-0.4, -0.2) is 29.9 Å². The van der Waals surface area contributed by atoms with Crippen molar-refractivity contribution in [2.24, 2.45) is 0 Å². The van der Waals surface area contributed by atoms with Crippen LogP contribution >= 0.6 is 11.8 Å². The van der Waals surface area contributed by atoms with Crippen LogP contribution in [0.5, 0.6) is 0 Å². The minimum Gasteiger partial charge on any atom is -0.338 e. The van der Waals surface area contributed by atoms with Gasteiger partial charge in [0, 0.05) is 23.0 Å². The highest BCUT2D eigenvalue weighted by Gasteiger charge is 2.05. The van der Waals surface area contributed by atoms with E-state index >= 15 is 0 Å². The van der Waals surface area contributed by atoms with Crippen molar-refractivity contribution in [3.63, 3.8) is 0 Å². The number of urea groups is 1. The van der Waals surface area contributed by atoms with Crippen LogP contribution in [0.15, 0.2) is 24.3 Å². The molecule has 104 valence electrons. The molecule has 0 fully saturated rings. The van der Waals surface area contributed by atoms with Crippen LogP contribution in [0.4, 0.5) is 10.5 Å². The van der Waals surface area contributed by atoms with Gasteiger partial charge in [-0.05, 0) is 31.7 Å². The number of Topliss-reactive ketones (excluding diaryl/α,β-unsaturated/α-hetero) is 1. The lowest BCUT2D eigenvalue weighted by Crippen LogP contribution is -2.30. The predicted octanol–water partition coefficient (Wildman–Crippen LogP) is 3.15. The van der Waals surface area contributed by atoms with Crippen LogP contribution in [0.3, 0.4) is 0 Å². The van der Waals surface area contributed by atoms with Gasteiger partial charge in [-0.3, -0.25) is 4.79 Å². The van der Waals surface area contributed by atoms with Crippen LogP contribution in [0.2, 0.25) is 0 Å². The van der Waals surface area contributed by atoms with Gasteiger partial charge >= 0.3 is 6.03 Å². The highest BCUT2D eigenvalue weighted by Crippen LogP contribution is 2.11. The number of hydrogen-bond donors (Lipinski definition) is 2. The molecule has 19 heavy (non-hydrogen) atoms. The molecule has 0 radical (unpaired) electrons. The summed E-state index contributed by atoms with van der Waals surface area (Å²) < 4.78 is 0. The van der Waals surface area contributed by atoms with Gasteiger partial charge in [-0.2, -0.15) is 11.8 Å². The number of thioether (sulfide) groups is 1. The Kier molecular flexibility index (Phi) is 6.42. The molecule has 0 saturated carbocycles. The smallest absolute Gasteiger partial charge is 0.319 e. The maximum Gasteiger partial charge on any atom is 0.319 e. The number of anilines is 1. The van der Waals surface area contributed by atoms with E-state index in [1.54, 1.807) is 36.0 Å². The fraction of sp³-hybridized carbons (Fsp3) is 0.429. The van der Waals surface area contributed by atoms with Crippen LogP contribution in [0.25, 0.3) is 0 Å². The number of ketones is 1. The average Bonchev–Trinajstić information content (AvgIpc) is 2.38. The highest BCUT2D eigenvalue weighted by molar-refractivity contribution is 7.99. The molecule has 1 rings (SSSR count). The molecule has 0 spiro atoms. The number of amides is 2. The monoisotopic (exact) mass is 280 g/mol. The van der Waals surface area contributed by atoms with Crippen molar-refractivity contribution in [1.29, 1.82) is 0 Å². The summed E-state index contributed by atoms with van der Waals surface area (Å²) in [5.74, 6) is -0.0159. The summed E-state index contributed by atoms with van der Waals surface area (Å²) in [6.45, 7) is 4.27. The largest absolute Gasteiger partial charge is 0.338 e. The lowest BCUT2D eigenvalue weighted by molar-refractivity contribution is 0.101. The maximum absolute atomic E-state index is 11.6. The quantitative estimate of drug-likeness (QED) is 0.787. The Hall–Kier alpha value is -1.49. The number of carbonyl (C=O) groups excluding carboxylic acids is 2. The summed E-state index contributed by atoms with van der Waals surface area (Å²) in [6, 6.07) is 6.67. The number of nitrogens with one attached hydrogen (secondary N) is 2. The molecular weight excluding hydrogens is 260 g/mol. The average molecular weight is 280 g/mol. The Labute approximate surface area is 118 Å². The fourth-order valence-electron chi connectivity index (χ4n) is 1.50. The minimum atomic E-state index is -0.242. The Bertz CT molecular complexity index is 449. The van der Waals surface area contributed by atoms with Crippen molar-refractivity contribution in [3.8, 4) is 0 Å². The van der Waals surface area contributed by atoms with E-state index in [4.69, 9.17) is 0 Å². The van der Waals surface area contributed by atoms with Gasteiger partial charge < -0.3 is 10.6 Å². The van der Waals surface area contributed by atoms with E-state index in [9.17, 15) is 9.59 Å². The maximum atomic E-state index is 11.6. The van der Waals surface area contributed by atoms with E-state index in [-0.39, 0.29) is 11.8 Å². The third kappa shape index (κ3) is 5.79. The van der Waals surface area contributed by atoms with Crippen molar-refractivity contribution >= 4 is 29.3 Å². The molecule has 2 N–H and O–H groups in total. The second kappa shape index (κ2) is 7.84. The van der Waals surface area contributed by atoms with Crippen molar-refractivity contribution in [2.45, 2.75) is 25.5 Å². The minimum absolute atomic E-state index is 0.0159. The van der Waals surface area contributed by atoms with Gasteiger partial charge in [0.05, 0.1) is 0 Å². The number of rotatable bonds is 6. The van der Waals surface area contributed by atoms with Gasteiger partial charge in [-0.1, -0.05) is 19.1 Å². The van der Waals surface area contributed by atoms with E-state index in [0.717, 1.165) is 6.42 Å². The summed E-state index contributed by atoms with van der Waals surface area (Å²) in [4.78, 5) is 22.9. The molecule has 1 unspecified atom stereocenters. The molecule has 2 amide bonds. The summed E-state index contributed by atoms with van der Waals surface area (Å²) in [5.41, 5.74) is 1.22. The first-order valence-corrected chi connectivity index (χ1v) is 7.50. The molecule has 0 saturated heterocycles. The molecule has 0 aliphatic carbocycles. The standard InChI is InChI=1S/C14H20N2O2S/c1-10(19-3)7-8-15-14(18)16-13-6-4-5-12(9-13)11(2)17/h4-6,9-10H,7-8H2,1-3H3,(H2,15,16,18). The molecule has 0 bridgehead atoms. The van der Waals surface area contributed by atoms with Crippen LogP contribution < -0.4 is 10.6 Å². The van der Waals surface area contributed by atoms with Crippen LogP contribution in [-0.2, 0) is 0 Å². The second-order valence-electron chi connectivity index (χ2n) is 4.35. The van der Waals surface area contributed by atoms with E-state index < -0.39 is 0 Å². The van der Waals surface area contributed by atoms with Gasteiger partial charge in [-0.15, -0.1) is 0 Å². The second-order valence-corrected chi connectivity index (χ2v) is 5.63. The molecule has 1 aromatic carbocycles. The summed E-state index contributed by atoms with van der Waals surface area (Å²) in [7, 11) is 0. The van der Waals surface area contributed by atoms with E-state index in [1.807, 2.05) is 0 Å². The lowest BCUT2D eigenvalue weighted by atomic mass is 10.1. The van der Waals surface area contributed by atoms with Gasteiger partial charge in [0.15, 0.2) is 5.78 Å². The highest BCUT2D eigenvalue weighted by atomic mass is 32.2. The van der Waals surface area contributed by atoms with Gasteiger partial charge in [0.1, 0.15) is 0 Å². The van der Waals surface area contributed by atoms with Gasteiger partial charge in [0.2, 0.25) is 0 Å². The topological polar surface area (TPSA) is 58.2 Å². The molecule has 0 aliphatic rings. The lowest BCUT2D eigenvalue weighted by Gasteiger charge is -2.10. The Balaban J connectivity index is 2.44. The zero-order valence-corrected chi connectivity index (χ0v) is 12.3. The molecule has 4 nitrogen and oxygen atoms in total. The first kappa shape index (κ1) is 15.6. The zero-order valence-electron chi connectivity index (χ0n) is 11.5. The number of hydrogen-bond acceptors (Lipinski definition) is 3.